The van der Waals surface area contributed by atoms with Gasteiger partial charge in [0.25, 0.3) is 0 Å². The first kappa shape index (κ1) is 20.1. The maximum atomic E-state index is 12.2. The van der Waals surface area contributed by atoms with E-state index in [1.165, 1.54) is 12.2 Å². The van der Waals surface area contributed by atoms with Crippen molar-refractivity contribution in [1.82, 2.24) is 15.5 Å². The minimum Gasteiger partial charge on any atom is -0.410 e. The lowest BCUT2D eigenvalue weighted by molar-refractivity contribution is -0.306. The molecule has 0 radical (unpaired) electrons. The third-order valence-electron chi connectivity index (χ3n) is 4.05. The zero-order valence-electron chi connectivity index (χ0n) is 14.6. The number of likely N-dealkylation sites (tertiary alicyclic amines) is 1. The van der Waals surface area contributed by atoms with Crippen LogP contribution in [0, 0.1) is 10.8 Å². The SMILES string of the molecule is CCOC1CCN(C(=N)NC(=N)NC2=CC=C(OC(F)(F)F)CC2)CC1. The van der Waals surface area contributed by atoms with Gasteiger partial charge in [0.1, 0.15) is 5.76 Å². The Balaban J connectivity index is 1.76. The molecule has 4 N–H and O–H groups in total. The smallest absolute Gasteiger partial charge is 0.410 e. The van der Waals surface area contributed by atoms with Crippen LogP contribution < -0.4 is 10.6 Å². The van der Waals surface area contributed by atoms with Gasteiger partial charge in [0.05, 0.1) is 6.10 Å². The maximum Gasteiger partial charge on any atom is 0.572 e. The molecule has 0 unspecified atom stereocenters. The van der Waals surface area contributed by atoms with Crippen LogP contribution in [0.5, 0.6) is 0 Å². The van der Waals surface area contributed by atoms with E-state index in [-0.39, 0.29) is 30.2 Å². The number of nitrogens with zero attached hydrogens (tertiary/aromatic N) is 1. The van der Waals surface area contributed by atoms with Crippen LogP contribution in [0.25, 0.3) is 0 Å². The largest absolute Gasteiger partial charge is 0.572 e. The van der Waals surface area contributed by atoms with Gasteiger partial charge in [0.15, 0.2) is 11.9 Å². The molecule has 1 saturated heterocycles. The van der Waals surface area contributed by atoms with Crippen molar-refractivity contribution >= 4 is 11.9 Å². The molecular weight excluding hydrogens is 351 g/mol. The van der Waals surface area contributed by atoms with E-state index in [1.54, 1.807) is 0 Å². The van der Waals surface area contributed by atoms with Gasteiger partial charge in [-0.3, -0.25) is 16.1 Å². The fourth-order valence-electron chi connectivity index (χ4n) is 2.83. The molecule has 0 amide bonds. The molecule has 1 heterocycles. The molecule has 0 spiro atoms. The standard InChI is InChI=1S/C16H24F3N5O2/c1-2-25-12-7-9-24(10-8-12)15(21)23-14(20)22-11-3-5-13(6-4-11)26-16(17,18)19/h3,5,12H,2,4,6-10H2,1H3,(H4,20,21,22,23). The summed E-state index contributed by atoms with van der Waals surface area (Å²) in [6, 6.07) is 0. The molecule has 0 saturated carbocycles. The van der Waals surface area contributed by atoms with Crippen molar-refractivity contribution in [3.8, 4) is 0 Å². The Morgan fingerprint density at radius 1 is 1.23 bits per heavy atom. The third kappa shape index (κ3) is 6.58. The van der Waals surface area contributed by atoms with E-state index in [2.05, 4.69) is 15.4 Å². The van der Waals surface area contributed by atoms with Crippen LogP contribution in [-0.2, 0) is 9.47 Å². The van der Waals surface area contributed by atoms with E-state index in [4.69, 9.17) is 15.6 Å². The van der Waals surface area contributed by atoms with Gasteiger partial charge < -0.3 is 19.7 Å². The van der Waals surface area contributed by atoms with E-state index < -0.39 is 6.36 Å². The van der Waals surface area contributed by atoms with Crippen LogP contribution in [0.15, 0.2) is 23.6 Å². The van der Waals surface area contributed by atoms with Crippen LogP contribution >= 0.6 is 0 Å². The highest BCUT2D eigenvalue weighted by Crippen LogP contribution is 2.26. The number of halogens is 3. The summed E-state index contributed by atoms with van der Waals surface area (Å²) in [5.41, 5.74) is 0.583. The number of ether oxygens (including phenoxy) is 2. The van der Waals surface area contributed by atoms with Gasteiger partial charge in [-0.05, 0) is 38.3 Å². The van der Waals surface area contributed by atoms with E-state index in [1.807, 2.05) is 11.8 Å². The Morgan fingerprint density at radius 2 is 1.92 bits per heavy atom. The van der Waals surface area contributed by atoms with Gasteiger partial charge in [-0.2, -0.15) is 0 Å². The molecule has 1 aliphatic heterocycles. The van der Waals surface area contributed by atoms with Crippen molar-refractivity contribution in [2.45, 2.75) is 45.1 Å². The minimum atomic E-state index is -4.69. The molecule has 1 fully saturated rings. The van der Waals surface area contributed by atoms with Gasteiger partial charge in [0.2, 0.25) is 0 Å². The quantitative estimate of drug-likeness (QED) is 0.448. The van der Waals surface area contributed by atoms with Gasteiger partial charge in [-0.25, -0.2) is 0 Å². The van der Waals surface area contributed by atoms with Crippen LogP contribution in [0.4, 0.5) is 13.2 Å². The summed E-state index contributed by atoms with van der Waals surface area (Å²) in [5.74, 6) is -0.139. The lowest BCUT2D eigenvalue weighted by atomic mass is 10.1. The Bertz CT molecular complexity index is 581. The van der Waals surface area contributed by atoms with E-state index in [0.29, 0.717) is 31.8 Å². The second-order valence-electron chi connectivity index (χ2n) is 5.99. The lowest BCUT2D eigenvalue weighted by Gasteiger charge is -2.33. The van der Waals surface area contributed by atoms with Crippen molar-refractivity contribution in [2.75, 3.05) is 19.7 Å². The number of rotatable bonds is 4. The first-order valence-corrected chi connectivity index (χ1v) is 8.50. The Labute approximate surface area is 150 Å². The van der Waals surface area contributed by atoms with Gasteiger partial charge >= 0.3 is 6.36 Å². The number of alkyl halides is 3. The van der Waals surface area contributed by atoms with Gasteiger partial charge in [-0.15, -0.1) is 13.2 Å². The maximum absolute atomic E-state index is 12.2. The molecule has 7 nitrogen and oxygen atoms in total. The third-order valence-corrected chi connectivity index (χ3v) is 4.05. The van der Waals surface area contributed by atoms with Crippen LogP contribution in [0.2, 0.25) is 0 Å². The fraction of sp³-hybridized carbons (Fsp3) is 0.625. The molecule has 146 valence electrons. The summed E-state index contributed by atoms with van der Waals surface area (Å²) >= 11 is 0. The summed E-state index contributed by atoms with van der Waals surface area (Å²) in [4.78, 5) is 1.83. The second-order valence-corrected chi connectivity index (χ2v) is 5.99. The van der Waals surface area contributed by atoms with Crippen molar-refractivity contribution in [3.05, 3.63) is 23.6 Å². The average Bonchev–Trinajstić information content (AvgIpc) is 2.56. The van der Waals surface area contributed by atoms with Crippen LogP contribution in [0.3, 0.4) is 0 Å². The predicted octanol–water partition coefficient (Wildman–Crippen LogP) is 2.63. The van der Waals surface area contributed by atoms with Crippen LogP contribution in [-0.4, -0.2) is 49.0 Å². The van der Waals surface area contributed by atoms with Gasteiger partial charge in [0, 0.05) is 31.8 Å². The van der Waals surface area contributed by atoms with E-state index >= 15 is 0 Å². The van der Waals surface area contributed by atoms with E-state index in [9.17, 15) is 13.2 Å². The monoisotopic (exact) mass is 375 g/mol. The topological polar surface area (TPSA) is 93.5 Å². The Hall–Kier alpha value is -2.23. The molecule has 0 aromatic carbocycles. The summed E-state index contributed by atoms with van der Waals surface area (Å²) in [5, 5.41) is 21.4. The molecule has 0 aromatic heterocycles. The molecule has 1 aliphatic carbocycles. The number of piperidine rings is 1. The highest BCUT2D eigenvalue weighted by atomic mass is 19.4. The first-order chi connectivity index (χ1) is 12.3. The molecule has 2 rings (SSSR count). The van der Waals surface area contributed by atoms with Crippen molar-refractivity contribution < 1.29 is 22.6 Å². The molecular formula is C16H24F3N5O2. The minimum absolute atomic E-state index is 0.0913. The molecule has 0 atom stereocenters. The average molecular weight is 375 g/mol. The van der Waals surface area contributed by atoms with Crippen molar-refractivity contribution in [1.29, 1.82) is 10.8 Å². The zero-order valence-corrected chi connectivity index (χ0v) is 14.6. The van der Waals surface area contributed by atoms with Crippen LogP contribution in [0.1, 0.15) is 32.6 Å². The summed E-state index contributed by atoms with van der Waals surface area (Å²) in [6.07, 6.45) is 0.243. The second kappa shape index (κ2) is 8.93. The molecule has 26 heavy (non-hydrogen) atoms. The van der Waals surface area contributed by atoms with Crippen molar-refractivity contribution in [3.63, 3.8) is 0 Å². The molecule has 2 aliphatic rings. The number of allylic oxidation sites excluding steroid dienone is 4. The van der Waals surface area contributed by atoms with Gasteiger partial charge in [-0.1, -0.05) is 0 Å². The van der Waals surface area contributed by atoms with Crippen molar-refractivity contribution in [2.24, 2.45) is 0 Å². The highest BCUT2D eigenvalue weighted by molar-refractivity contribution is 5.96. The summed E-state index contributed by atoms with van der Waals surface area (Å²) < 4.78 is 45.9. The predicted molar refractivity (Wildman–Crippen MR) is 90.5 cm³/mol. The molecule has 0 aromatic rings. The number of nitrogens with one attached hydrogen (secondary N) is 4. The number of hydrogen-bond acceptors (Lipinski definition) is 4. The zero-order chi connectivity index (χ0) is 19.2. The number of hydrogen-bond donors (Lipinski definition) is 4. The molecule has 10 heteroatoms. The summed E-state index contributed by atoms with van der Waals surface area (Å²) in [6.45, 7) is 3.98. The number of guanidine groups is 2. The Morgan fingerprint density at radius 3 is 2.46 bits per heavy atom. The fourth-order valence-corrected chi connectivity index (χ4v) is 2.83. The first-order valence-electron chi connectivity index (χ1n) is 8.50. The summed E-state index contributed by atoms with van der Waals surface area (Å²) in [7, 11) is 0. The Kier molecular flexibility index (Phi) is 6.90. The molecule has 0 bridgehead atoms. The normalized spacial score (nSPS) is 18.7. The highest BCUT2D eigenvalue weighted by Gasteiger charge is 2.32. The van der Waals surface area contributed by atoms with E-state index in [0.717, 1.165) is 12.8 Å². The lowest BCUT2D eigenvalue weighted by Crippen LogP contribution is -2.50.